The normalized spacial score (nSPS) is 39.5. The molecule has 4 aliphatic rings. The molecule has 2 N–H and O–H groups in total. The first-order valence-electron chi connectivity index (χ1n) is 7.77. The lowest BCUT2D eigenvalue weighted by Gasteiger charge is -2.53. The average Bonchev–Trinajstić information content (AvgIpc) is 2.43. The van der Waals surface area contributed by atoms with Crippen LogP contribution in [0.4, 0.5) is 0 Å². The van der Waals surface area contributed by atoms with Crippen molar-refractivity contribution in [2.75, 3.05) is 0 Å². The van der Waals surface area contributed by atoms with Gasteiger partial charge in [-0.15, -0.1) is 0 Å². The van der Waals surface area contributed by atoms with Crippen LogP contribution in [0.3, 0.4) is 0 Å². The maximum atomic E-state index is 6.35. The van der Waals surface area contributed by atoms with Gasteiger partial charge in [0.25, 0.3) is 0 Å². The van der Waals surface area contributed by atoms with Crippen LogP contribution in [-0.4, -0.2) is 6.10 Å². The largest absolute Gasteiger partial charge is 0.490 e. The smallest absolute Gasteiger partial charge is 0.119 e. The molecule has 0 aliphatic heterocycles. The first-order chi connectivity index (χ1) is 9.31. The van der Waals surface area contributed by atoms with Crippen LogP contribution in [0.1, 0.15) is 37.7 Å². The Bertz CT molecular complexity index is 425. The van der Waals surface area contributed by atoms with E-state index in [2.05, 4.69) is 24.3 Å². The number of hydrogen-bond donors (Lipinski definition) is 1. The molecular formula is C17H23NO. The van der Waals surface area contributed by atoms with Crippen LogP contribution >= 0.6 is 0 Å². The van der Waals surface area contributed by atoms with E-state index >= 15 is 0 Å². The summed E-state index contributed by atoms with van der Waals surface area (Å²) in [4.78, 5) is 0. The van der Waals surface area contributed by atoms with Crippen molar-refractivity contribution in [3.05, 3.63) is 29.8 Å². The summed E-state index contributed by atoms with van der Waals surface area (Å²) >= 11 is 0. The van der Waals surface area contributed by atoms with Gasteiger partial charge in [0.15, 0.2) is 0 Å². The number of ether oxygens (including phenoxy) is 1. The first-order valence-corrected chi connectivity index (χ1v) is 7.77. The number of hydrogen-bond acceptors (Lipinski definition) is 2. The molecule has 4 aliphatic carbocycles. The van der Waals surface area contributed by atoms with E-state index in [1.165, 1.54) is 37.7 Å². The van der Waals surface area contributed by atoms with Crippen molar-refractivity contribution in [2.45, 2.75) is 44.8 Å². The second-order valence-electron chi connectivity index (χ2n) is 6.86. The predicted octanol–water partition coefficient (Wildman–Crippen LogP) is 3.35. The Morgan fingerprint density at radius 1 is 0.895 bits per heavy atom. The topological polar surface area (TPSA) is 35.2 Å². The Morgan fingerprint density at radius 2 is 1.47 bits per heavy atom. The molecule has 4 saturated carbocycles. The minimum atomic E-state index is 0.483. The Labute approximate surface area is 115 Å². The van der Waals surface area contributed by atoms with E-state index in [9.17, 15) is 0 Å². The highest BCUT2D eigenvalue weighted by atomic mass is 16.5. The van der Waals surface area contributed by atoms with Gasteiger partial charge in [-0.25, -0.2) is 0 Å². The molecule has 0 radical (unpaired) electrons. The van der Waals surface area contributed by atoms with E-state index in [1.54, 1.807) is 0 Å². The van der Waals surface area contributed by atoms with Gasteiger partial charge in [-0.05, 0) is 73.5 Å². The van der Waals surface area contributed by atoms with Crippen molar-refractivity contribution >= 4 is 0 Å². The zero-order valence-electron chi connectivity index (χ0n) is 11.4. The molecule has 4 fully saturated rings. The maximum Gasteiger partial charge on any atom is 0.119 e. The third kappa shape index (κ3) is 2.06. The van der Waals surface area contributed by atoms with Crippen LogP contribution in [0.2, 0.25) is 0 Å². The molecule has 19 heavy (non-hydrogen) atoms. The number of rotatable bonds is 3. The molecular weight excluding hydrogens is 234 g/mol. The molecule has 2 nitrogen and oxygen atoms in total. The highest BCUT2D eigenvalue weighted by Gasteiger charge is 2.49. The Morgan fingerprint density at radius 3 is 2.00 bits per heavy atom. The average molecular weight is 257 g/mol. The van der Waals surface area contributed by atoms with Crippen molar-refractivity contribution in [1.82, 2.24) is 0 Å². The molecule has 0 heterocycles. The quantitative estimate of drug-likeness (QED) is 0.901. The van der Waals surface area contributed by atoms with Crippen molar-refractivity contribution in [2.24, 2.45) is 29.4 Å². The van der Waals surface area contributed by atoms with Gasteiger partial charge in [-0.2, -0.15) is 0 Å². The first kappa shape index (κ1) is 11.8. The molecule has 0 unspecified atom stereocenters. The SMILES string of the molecule is NCc1ccc(OC2C3CC4CC(C3)CC2C4)cc1. The molecule has 2 heteroatoms. The van der Waals surface area contributed by atoms with E-state index in [0.29, 0.717) is 12.6 Å². The van der Waals surface area contributed by atoms with E-state index in [4.69, 9.17) is 10.5 Å². The standard InChI is InChI=1S/C17H23NO/c18-10-11-1-3-16(4-2-11)19-17-14-6-12-5-13(8-14)9-15(17)7-12/h1-4,12-15,17H,5-10,18H2. The van der Waals surface area contributed by atoms with Crippen molar-refractivity contribution < 1.29 is 4.74 Å². The van der Waals surface area contributed by atoms with Gasteiger partial charge in [0, 0.05) is 6.54 Å². The third-order valence-corrected chi connectivity index (χ3v) is 5.57. The van der Waals surface area contributed by atoms with Crippen LogP contribution in [0, 0.1) is 23.7 Å². The van der Waals surface area contributed by atoms with Crippen LogP contribution in [0.5, 0.6) is 5.75 Å². The molecule has 0 spiro atoms. The summed E-state index contributed by atoms with van der Waals surface area (Å²) in [7, 11) is 0. The van der Waals surface area contributed by atoms with E-state index in [1.807, 2.05) is 0 Å². The zero-order chi connectivity index (χ0) is 12.8. The fourth-order valence-corrected chi connectivity index (χ4v) is 4.93. The summed E-state index contributed by atoms with van der Waals surface area (Å²) < 4.78 is 6.35. The summed E-state index contributed by atoms with van der Waals surface area (Å²) in [5.41, 5.74) is 6.82. The molecule has 0 atom stereocenters. The third-order valence-electron chi connectivity index (χ3n) is 5.57. The maximum absolute atomic E-state index is 6.35. The lowest BCUT2D eigenvalue weighted by molar-refractivity contribution is -0.0789. The van der Waals surface area contributed by atoms with Crippen LogP contribution in [-0.2, 0) is 6.54 Å². The molecule has 102 valence electrons. The summed E-state index contributed by atoms with van der Waals surface area (Å²) in [5.74, 6) is 4.72. The molecule has 1 aromatic carbocycles. The van der Waals surface area contributed by atoms with Crippen LogP contribution in [0.15, 0.2) is 24.3 Å². The van der Waals surface area contributed by atoms with Gasteiger partial charge in [0.05, 0.1) is 0 Å². The Balaban J connectivity index is 1.50. The zero-order valence-corrected chi connectivity index (χ0v) is 11.4. The highest BCUT2D eigenvalue weighted by Crippen LogP contribution is 2.54. The Kier molecular flexibility index (Phi) is 2.80. The van der Waals surface area contributed by atoms with Gasteiger partial charge in [0.1, 0.15) is 11.9 Å². The predicted molar refractivity (Wildman–Crippen MR) is 75.8 cm³/mol. The summed E-state index contributed by atoms with van der Waals surface area (Å²) in [5, 5.41) is 0. The lowest BCUT2D eigenvalue weighted by atomic mass is 9.55. The number of nitrogens with two attached hydrogens (primary N) is 1. The molecule has 0 aromatic heterocycles. The van der Waals surface area contributed by atoms with E-state index in [0.717, 1.165) is 29.4 Å². The molecule has 5 rings (SSSR count). The minimum Gasteiger partial charge on any atom is -0.490 e. The fourth-order valence-electron chi connectivity index (χ4n) is 4.93. The molecule has 0 saturated heterocycles. The van der Waals surface area contributed by atoms with Gasteiger partial charge in [-0.1, -0.05) is 12.1 Å². The summed E-state index contributed by atoms with van der Waals surface area (Å²) in [6.07, 6.45) is 7.65. The molecule has 4 bridgehead atoms. The minimum absolute atomic E-state index is 0.483. The second-order valence-corrected chi connectivity index (χ2v) is 6.86. The molecule has 0 amide bonds. The van der Waals surface area contributed by atoms with Crippen molar-refractivity contribution in [3.63, 3.8) is 0 Å². The highest BCUT2D eigenvalue weighted by molar-refractivity contribution is 5.27. The molecule has 1 aromatic rings. The van der Waals surface area contributed by atoms with E-state index < -0.39 is 0 Å². The summed E-state index contributed by atoms with van der Waals surface area (Å²) in [6.45, 7) is 0.609. The van der Waals surface area contributed by atoms with Gasteiger partial charge in [-0.3, -0.25) is 0 Å². The van der Waals surface area contributed by atoms with Gasteiger partial charge < -0.3 is 10.5 Å². The summed E-state index contributed by atoms with van der Waals surface area (Å²) in [6, 6.07) is 8.36. The van der Waals surface area contributed by atoms with E-state index in [-0.39, 0.29) is 0 Å². The second kappa shape index (κ2) is 4.52. The van der Waals surface area contributed by atoms with Crippen molar-refractivity contribution in [1.29, 1.82) is 0 Å². The number of benzene rings is 1. The lowest BCUT2D eigenvalue weighted by Crippen LogP contribution is -2.50. The van der Waals surface area contributed by atoms with Gasteiger partial charge in [0.2, 0.25) is 0 Å². The van der Waals surface area contributed by atoms with Crippen molar-refractivity contribution in [3.8, 4) is 5.75 Å². The van der Waals surface area contributed by atoms with Gasteiger partial charge >= 0.3 is 0 Å². The van der Waals surface area contributed by atoms with Crippen LogP contribution in [0.25, 0.3) is 0 Å². The van der Waals surface area contributed by atoms with Crippen LogP contribution < -0.4 is 10.5 Å². The fraction of sp³-hybridized carbons (Fsp3) is 0.647. The monoisotopic (exact) mass is 257 g/mol. The Hall–Kier alpha value is -1.02.